The summed E-state index contributed by atoms with van der Waals surface area (Å²) in [5.41, 5.74) is 5.52. The van der Waals surface area contributed by atoms with E-state index in [1.54, 1.807) is 12.1 Å². The fourth-order valence-corrected chi connectivity index (χ4v) is 3.52. The summed E-state index contributed by atoms with van der Waals surface area (Å²) in [6.07, 6.45) is 0. The number of hydrogen-bond donors (Lipinski definition) is 1. The summed E-state index contributed by atoms with van der Waals surface area (Å²) in [7, 11) is 0. The maximum Gasteiger partial charge on any atom is 0.255 e. The van der Waals surface area contributed by atoms with E-state index in [-0.39, 0.29) is 34.0 Å². The van der Waals surface area contributed by atoms with Crippen molar-refractivity contribution < 1.29 is 9.59 Å². The van der Waals surface area contributed by atoms with Crippen LogP contribution in [-0.4, -0.2) is 11.7 Å². The van der Waals surface area contributed by atoms with E-state index in [2.05, 4.69) is 33.0 Å². The summed E-state index contributed by atoms with van der Waals surface area (Å²) >= 11 is 0. The van der Waals surface area contributed by atoms with Crippen molar-refractivity contribution in [3.63, 3.8) is 0 Å². The standard InChI is InChI=1S/C16H17NO.C16H16O.3CH4/c1-12(2)13-8-10-15(11-9-13)17-16(18)14-6-4-3-5-7-14;1-12(2)13-8-10-15(11-9-13)16(17)14-6-4-3-5-7-14;;;/h3-12H,1-2H3,(H,17,18);3-12H,1-2H3;3*1H4. The summed E-state index contributed by atoms with van der Waals surface area (Å²) in [5, 5.41) is 2.89. The first-order valence-electron chi connectivity index (χ1n) is 12.0. The maximum absolute atomic E-state index is 12.1. The highest BCUT2D eigenvalue weighted by Gasteiger charge is 2.09. The van der Waals surface area contributed by atoms with Gasteiger partial charge in [0, 0.05) is 22.4 Å². The summed E-state index contributed by atoms with van der Waals surface area (Å²) in [6, 6.07) is 34.4. The molecule has 4 aromatic carbocycles. The Labute approximate surface area is 231 Å². The zero-order chi connectivity index (χ0) is 25.2. The molecule has 38 heavy (non-hydrogen) atoms. The molecule has 0 unspecified atom stereocenters. The lowest BCUT2D eigenvalue weighted by Crippen LogP contribution is -2.11. The van der Waals surface area contributed by atoms with Gasteiger partial charge in [0.2, 0.25) is 0 Å². The SMILES string of the molecule is C.C.C.CC(C)c1ccc(C(=O)c2ccccc2)cc1.CC(C)c1ccc(NC(=O)c2ccccc2)cc1. The van der Waals surface area contributed by atoms with Crippen molar-refractivity contribution in [1.29, 1.82) is 0 Å². The minimum Gasteiger partial charge on any atom is -0.322 e. The van der Waals surface area contributed by atoms with Crippen LogP contribution in [0.1, 0.15) is 99.2 Å². The number of hydrogen-bond acceptors (Lipinski definition) is 2. The molecular weight excluding hydrogens is 466 g/mol. The van der Waals surface area contributed by atoms with E-state index >= 15 is 0 Å². The van der Waals surface area contributed by atoms with Gasteiger partial charge in [0.25, 0.3) is 5.91 Å². The van der Waals surface area contributed by atoms with Crippen LogP contribution in [0.2, 0.25) is 0 Å². The molecule has 1 N–H and O–H groups in total. The molecule has 3 heteroatoms. The summed E-state index contributed by atoms with van der Waals surface area (Å²) < 4.78 is 0. The Bertz CT molecular complexity index is 1210. The number of nitrogens with one attached hydrogen (secondary N) is 1. The predicted molar refractivity (Wildman–Crippen MR) is 166 cm³/mol. The average Bonchev–Trinajstić information content (AvgIpc) is 2.90. The van der Waals surface area contributed by atoms with Crippen LogP contribution >= 0.6 is 0 Å². The van der Waals surface area contributed by atoms with Gasteiger partial charge in [-0.2, -0.15) is 0 Å². The van der Waals surface area contributed by atoms with E-state index < -0.39 is 0 Å². The van der Waals surface area contributed by atoms with Crippen LogP contribution in [0.15, 0.2) is 109 Å². The highest BCUT2D eigenvalue weighted by atomic mass is 16.1. The molecule has 1 amide bonds. The molecule has 0 aromatic heterocycles. The first kappa shape index (κ1) is 34.0. The topological polar surface area (TPSA) is 46.2 Å². The molecule has 202 valence electrons. The summed E-state index contributed by atoms with van der Waals surface area (Å²) in [6.45, 7) is 8.59. The van der Waals surface area contributed by atoms with Crippen LogP contribution < -0.4 is 5.32 Å². The third-order valence-corrected chi connectivity index (χ3v) is 5.75. The van der Waals surface area contributed by atoms with Gasteiger partial charge < -0.3 is 5.32 Å². The zero-order valence-electron chi connectivity index (χ0n) is 20.9. The fourth-order valence-electron chi connectivity index (χ4n) is 3.52. The molecule has 0 aliphatic carbocycles. The van der Waals surface area contributed by atoms with Gasteiger partial charge in [-0.15, -0.1) is 0 Å². The second kappa shape index (κ2) is 16.7. The zero-order valence-corrected chi connectivity index (χ0v) is 20.9. The second-order valence-electron chi connectivity index (χ2n) is 9.07. The third kappa shape index (κ3) is 9.82. The Balaban J connectivity index is 0.000000669. The average molecular weight is 512 g/mol. The number of carbonyl (C=O) groups is 2. The van der Waals surface area contributed by atoms with Gasteiger partial charge in [-0.1, -0.05) is 135 Å². The van der Waals surface area contributed by atoms with E-state index in [9.17, 15) is 9.59 Å². The van der Waals surface area contributed by atoms with Crippen LogP contribution in [0.3, 0.4) is 0 Å². The Morgan fingerprint density at radius 1 is 0.500 bits per heavy atom. The lowest BCUT2D eigenvalue weighted by molar-refractivity contribution is 0.102. The van der Waals surface area contributed by atoms with Crippen molar-refractivity contribution in [1.82, 2.24) is 0 Å². The minimum atomic E-state index is -0.0760. The number of rotatable bonds is 6. The number of benzene rings is 4. The number of carbonyl (C=O) groups excluding carboxylic acids is 2. The van der Waals surface area contributed by atoms with Gasteiger partial charge >= 0.3 is 0 Å². The van der Waals surface area contributed by atoms with E-state index in [1.807, 2.05) is 97.1 Å². The van der Waals surface area contributed by atoms with Gasteiger partial charge in [-0.25, -0.2) is 0 Å². The molecule has 0 heterocycles. The molecule has 0 saturated carbocycles. The van der Waals surface area contributed by atoms with Gasteiger partial charge in [0.1, 0.15) is 0 Å². The van der Waals surface area contributed by atoms with Crippen molar-refractivity contribution in [2.24, 2.45) is 0 Å². The Morgan fingerprint density at radius 2 is 0.868 bits per heavy atom. The number of anilines is 1. The summed E-state index contributed by atoms with van der Waals surface area (Å²) in [5.74, 6) is 1.01. The van der Waals surface area contributed by atoms with Gasteiger partial charge in [0.15, 0.2) is 5.78 Å². The van der Waals surface area contributed by atoms with E-state index in [4.69, 9.17) is 0 Å². The van der Waals surface area contributed by atoms with Gasteiger partial charge in [-0.3, -0.25) is 9.59 Å². The molecule has 0 aliphatic heterocycles. The highest BCUT2D eigenvalue weighted by molar-refractivity contribution is 6.09. The van der Waals surface area contributed by atoms with E-state index in [0.29, 0.717) is 17.4 Å². The number of amides is 1. The van der Waals surface area contributed by atoms with Crippen molar-refractivity contribution in [3.8, 4) is 0 Å². The predicted octanol–water partition coefficient (Wildman–Crippen LogP) is 10.0. The largest absolute Gasteiger partial charge is 0.322 e. The molecule has 3 nitrogen and oxygen atoms in total. The highest BCUT2D eigenvalue weighted by Crippen LogP contribution is 2.18. The lowest BCUT2D eigenvalue weighted by Gasteiger charge is -2.08. The third-order valence-electron chi connectivity index (χ3n) is 5.75. The molecule has 0 radical (unpaired) electrons. The van der Waals surface area contributed by atoms with Crippen LogP contribution in [0, 0.1) is 0 Å². The van der Waals surface area contributed by atoms with Crippen LogP contribution in [0.5, 0.6) is 0 Å². The molecule has 0 atom stereocenters. The molecule has 0 aliphatic rings. The molecular formula is C35H45NO2. The molecule has 0 bridgehead atoms. The molecule has 0 saturated heterocycles. The first-order chi connectivity index (χ1) is 16.8. The smallest absolute Gasteiger partial charge is 0.255 e. The lowest BCUT2D eigenvalue weighted by atomic mass is 9.98. The van der Waals surface area contributed by atoms with Crippen LogP contribution in [-0.2, 0) is 0 Å². The normalized spacial score (nSPS) is 9.63. The molecule has 4 aromatic rings. The molecule has 0 spiro atoms. The van der Waals surface area contributed by atoms with Crippen molar-refractivity contribution in [3.05, 3.63) is 137 Å². The first-order valence-corrected chi connectivity index (χ1v) is 12.0. The van der Waals surface area contributed by atoms with Gasteiger partial charge in [0.05, 0.1) is 0 Å². The minimum absolute atomic E-state index is 0. The van der Waals surface area contributed by atoms with E-state index in [1.165, 1.54) is 11.1 Å². The molecule has 0 fully saturated rings. The molecule has 4 rings (SSSR count). The fraction of sp³-hybridized carbons (Fsp3) is 0.257. The van der Waals surface area contributed by atoms with E-state index in [0.717, 1.165) is 16.8 Å². The Kier molecular flexibility index (Phi) is 15.0. The van der Waals surface area contributed by atoms with Crippen molar-refractivity contribution in [2.45, 2.75) is 61.8 Å². The van der Waals surface area contributed by atoms with Crippen molar-refractivity contribution >= 4 is 17.4 Å². The van der Waals surface area contributed by atoms with Crippen LogP contribution in [0.25, 0.3) is 0 Å². The van der Waals surface area contributed by atoms with Crippen molar-refractivity contribution in [2.75, 3.05) is 5.32 Å². The second-order valence-corrected chi connectivity index (χ2v) is 9.07. The Morgan fingerprint density at radius 3 is 1.29 bits per heavy atom. The van der Waals surface area contributed by atoms with Gasteiger partial charge in [-0.05, 0) is 47.2 Å². The van der Waals surface area contributed by atoms with Crippen LogP contribution in [0.4, 0.5) is 5.69 Å². The maximum atomic E-state index is 12.1. The summed E-state index contributed by atoms with van der Waals surface area (Å²) in [4.78, 5) is 24.0. The Hall–Kier alpha value is -3.98. The monoisotopic (exact) mass is 511 g/mol. The quantitative estimate of drug-likeness (QED) is 0.262. The number of ketones is 1.